The maximum Gasteiger partial charge on any atom is 0.416 e. The van der Waals surface area contributed by atoms with Crippen LogP contribution in [-0.2, 0) is 38.0 Å². The predicted octanol–water partition coefficient (Wildman–Crippen LogP) is 7.59. The van der Waals surface area contributed by atoms with Gasteiger partial charge in [-0.3, -0.25) is 19.2 Å². The Hall–Kier alpha value is -5.20. The maximum atomic E-state index is 14.5. The first-order chi connectivity index (χ1) is 24.0. The Labute approximate surface area is 287 Å². The number of alkyl halides is 6. The van der Waals surface area contributed by atoms with Crippen molar-refractivity contribution in [2.45, 2.75) is 44.5 Å². The van der Waals surface area contributed by atoms with Crippen LogP contribution in [0.5, 0.6) is 5.75 Å². The van der Waals surface area contributed by atoms with Gasteiger partial charge in [0.15, 0.2) is 0 Å². The monoisotopic (exact) mass is 708 g/mol. The molecule has 0 aromatic heterocycles. The van der Waals surface area contributed by atoms with Crippen molar-refractivity contribution >= 4 is 35.0 Å². The average Bonchev–Trinajstić information content (AvgIpc) is 3.45. The first-order valence-corrected chi connectivity index (χ1v) is 16.2. The van der Waals surface area contributed by atoms with Crippen molar-refractivity contribution in [3.8, 4) is 5.75 Å². The van der Waals surface area contributed by atoms with Crippen LogP contribution in [0.1, 0.15) is 47.9 Å². The van der Waals surface area contributed by atoms with Crippen LogP contribution >= 0.6 is 0 Å². The number of para-hydroxylation sites is 2. The molecule has 2 saturated heterocycles. The quantitative estimate of drug-likeness (QED) is 0.168. The molecule has 0 bridgehead atoms. The van der Waals surface area contributed by atoms with Crippen LogP contribution < -0.4 is 9.80 Å². The molecule has 3 aromatic rings. The second kappa shape index (κ2) is 11.7. The molecule has 51 heavy (non-hydrogen) atoms. The van der Waals surface area contributed by atoms with Gasteiger partial charge in [-0.2, -0.15) is 26.3 Å². The third-order valence-electron chi connectivity index (χ3n) is 10.9. The van der Waals surface area contributed by atoms with E-state index < -0.39 is 87.8 Å². The van der Waals surface area contributed by atoms with Gasteiger partial charge in [-0.25, -0.2) is 9.80 Å². The standard InChI is InChI=1S/C38H30F6N2O5/c1-3-8-19-9-7-12-26(31(19)47)30-24-13-14-25-29(27(24)18-28-33(49)46(35(51)36(28,30)2)22-10-5-4-6-11-22)34(50)45(32(25)48)23-16-20(37(39,40)41)15-21(17-23)38(42,43)44/h3-7,9-13,15-17,25,27-30,47H,1,8,14,18H2,2H3/t25-,27+,28-,29-,30+,36+/m0/s1. The molecule has 0 spiro atoms. The number of rotatable bonds is 5. The van der Waals surface area contributed by atoms with Gasteiger partial charge in [0.2, 0.25) is 23.6 Å². The van der Waals surface area contributed by atoms with Gasteiger partial charge in [0.25, 0.3) is 0 Å². The van der Waals surface area contributed by atoms with E-state index >= 15 is 0 Å². The van der Waals surface area contributed by atoms with Crippen LogP contribution in [0.25, 0.3) is 0 Å². The highest BCUT2D eigenvalue weighted by atomic mass is 19.4. The van der Waals surface area contributed by atoms with E-state index in [1.165, 1.54) is 0 Å². The van der Waals surface area contributed by atoms with Crippen molar-refractivity contribution in [2.24, 2.45) is 29.1 Å². The van der Waals surface area contributed by atoms with Gasteiger partial charge in [-0.15, -0.1) is 6.58 Å². The minimum atomic E-state index is -5.22. The maximum absolute atomic E-state index is 14.5. The molecular formula is C38H30F6N2O5. The lowest BCUT2D eigenvalue weighted by Gasteiger charge is -2.49. The van der Waals surface area contributed by atoms with Crippen LogP contribution in [-0.4, -0.2) is 28.7 Å². The zero-order valence-corrected chi connectivity index (χ0v) is 27.0. The Morgan fingerprint density at radius 2 is 1.47 bits per heavy atom. The summed E-state index contributed by atoms with van der Waals surface area (Å²) in [6.45, 7) is 5.36. The SMILES string of the molecule is C=CCc1cccc([C@H]2C3=CC[C@@H]4C(=O)N(c5cc(C(F)(F)F)cc(C(F)(F)F)c5)C(=O)[C@@H]4[C@@H]3C[C@H]3C(=O)N(c4ccccc4)C(=O)[C@@]23C)c1O. The minimum absolute atomic E-state index is 0.0814. The number of carbonyl (C=O) groups is 4. The second-order valence-corrected chi connectivity index (χ2v) is 13.6. The Morgan fingerprint density at radius 3 is 2.08 bits per heavy atom. The first-order valence-electron chi connectivity index (χ1n) is 16.2. The molecule has 0 unspecified atom stereocenters. The topological polar surface area (TPSA) is 95.0 Å². The van der Waals surface area contributed by atoms with Gasteiger partial charge in [-0.05, 0) is 68.0 Å². The number of aromatic hydroxyl groups is 1. The van der Waals surface area contributed by atoms with Crippen molar-refractivity contribution in [3.05, 3.63) is 113 Å². The van der Waals surface area contributed by atoms with Crippen molar-refractivity contribution in [3.63, 3.8) is 0 Å². The lowest BCUT2D eigenvalue weighted by molar-refractivity contribution is -0.143. The molecule has 13 heteroatoms. The van der Waals surface area contributed by atoms with Crippen LogP contribution in [0.15, 0.2) is 91.0 Å². The summed E-state index contributed by atoms with van der Waals surface area (Å²) in [4.78, 5) is 58.4. The Morgan fingerprint density at radius 1 is 0.824 bits per heavy atom. The summed E-state index contributed by atoms with van der Waals surface area (Å²) in [5, 5.41) is 11.6. The number of imide groups is 2. The number of benzene rings is 3. The molecule has 3 aromatic carbocycles. The second-order valence-electron chi connectivity index (χ2n) is 13.6. The molecule has 6 atom stereocenters. The fraction of sp³-hybridized carbons (Fsp3) is 0.316. The molecule has 1 saturated carbocycles. The highest BCUT2D eigenvalue weighted by Gasteiger charge is 2.68. The summed E-state index contributed by atoms with van der Waals surface area (Å²) in [5.74, 6) is -8.62. The number of allylic oxidation sites excluding steroid dienone is 3. The highest BCUT2D eigenvalue weighted by Crippen LogP contribution is 2.64. The highest BCUT2D eigenvalue weighted by molar-refractivity contribution is 6.25. The molecular weight excluding hydrogens is 678 g/mol. The number of hydrogen-bond donors (Lipinski definition) is 1. The Bertz CT molecular complexity index is 2010. The first kappa shape index (κ1) is 34.3. The van der Waals surface area contributed by atoms with Crippen molar-refractivity contribution < 1.29 is 50.6 Å². The molecule has 264 valence electrons. The molecule has 2 heterocycles. The molecule has 0 radical (unpaired) electrons. The lowest BCUT2D eigenvalue weighted by atomic mass is 9.51. The largest absolute Gasteiger partial charge is 0.507 e. The average molecular weight is 709 g/mol. The minimum Gasteiger partial charge on any atom is -0.507 e. The van der Waals surface area contributed by atoms with Crippen molar-refractivity contribution in [2.75, 3.05) is 9.80 Å². The summed E-state index contributed by atoms with van der Waals surface area (Å²) < 4.78 is 82.7. The summed E-state index contributed by atoms with van der Waals surface area (Å²) in [7, 11) is 0. The number of halogens is 6. The number of nitrogens with zero attached hydrogens (tertiary/aromatic N) is 2. The van der Waals surface area contributed by atoms with E-state index in [-0.39, 0.29) is 31.1 Å². The number of anilines is 2. The molecule has 2 aliphatic carbocycles. The lowest BCUT2D eigenvalue weighted by Crippen LogP contribution is -2.49. The summed E-state index contributed by atoms with van der Waals surface area (Å²) in [6.07, 6.45) is -7.14. The number of hydrogen-bond acceptors (Lipinski definition) is 5. The van der Waals surface area contributed by atoms with E-state index in [1.54, 1.807) is 67.6 Å². The van der Waals surface area contributed by atoms with E-state index in [2.05, 4.69) is 6.58 Å². The van der Waals surface area contributed by atoms with E-state index in [0.717, 1.165) is 4.90 Å². The van der Waals surface area contributed by atoms with Crippen LogP contribution in [0.3, 0.4) is 0 Å². The molecule has 7 nitrogen and oxygen atoms in total. The zero-order valence-electron chi connectivity index (χ0n) is 27.0. The summed E-state index contributed by atoms with van der Waals surface area (Å²) in [6, 6.07) is 13.8. The van der Waals surface area contributed by atoms with E-state index in [9.17, 15) is 50.6 Å². The fourth-order valence-electron chi connectivity index (χ4n) is 8.67. The molecule has 2 aliphatic heterocycles. The van der Waals surface area contributed by atoms with Crippen LogP contribution in [0.2, 0.25) is 0 Å². The normalized spacial score (nSPS) is 27.7. The van der Waals surface area contributed by atoms with Gasteiger partial charge in [0, 0.05) is 11.5 Å². The van der Waals surface area contributed by atoms with E-state index in [1.807, 2.05) is 0 Å². The Kier molecular flexibility index (Phi) is 7.84. The van der Waals surface area contributed by atoms with Crippen molar-refractivity contribution in [1.29, 1.82) is 0 Å². The number of phenols is 1. The number of phenolic OH excluding ortho intramolecular Hbond substituents is 1. The molecule has 4 aliphatic rings. The van der Waals surface area contributed by atoms with Gasteiger partial charge in [0.1, 0.15) is 5.75 Å². The molecule has 4 amide bonds. The van der Waals surface area contributed by atoms with E-state index in [4.69, 9.17) is 0 Å². The molecule has 3 fully saturated rings. The third kappa shape index (κ3) is 5.10. The zero-order chi connectivity index (χ0) is 36.8. The number of carbonyl (C=O) groups excluding carboxylic acids is 4. The molecule has 7 rings (SSSR count). The van der Waals surface area contributed by atoms with Crippen molar-refractivity contribution in [1.82, 2.24) is 0 Å². The van der Waals surface area contributed by atoms with Crippen LogP contribution in [0, 0.1) is 29.1 Å². The third-order valence-corrected chi connectivity index (χ3v) is 10.9. The number of fused-ring (bicyclic) bond motifs is 4. The number of amides is 4. The Balaban J connectivity index is 1.38. The van der Waals surface area contributed by atoms with Gasteiger partial charge < -0.3 is 5.11 Å². The smallest absolute Gasteiger partial charge is 0.416 e. The summed E-state index contributed by atoms with van der Waals surface area (Å²) >= 11 is 0. The van der Waals surface area contributed by atoms with Gasteiger partial charge in [0.05, 0.1) is 45.7 Å². The fourth-order valence-corrected chi connectivity index (χ4v) is 8.67. The summed E-state index contributed by atoms with van der Waals surface area (Å²) in [5.41, 5.74) is -4.13. The predicted molar refractivity (Wildman–Crippen MR) is 172 cm³/mol. The van der Waals surface area contributed by atoms with Crippen LogP contribution in [0.4, 0.5) is 37.7 Å². The van der Waals surface area contributed by atoms with Gasteiger partial charge >= 0.3 is 12.4 Å². The molecule has 1 N–H and O–H groups in total. The van der Waals surface area contributed by atoms with E-state index in [0.29, 0.717) is 39.4 Å². The van der Waals surface area contributed by atoms with Gasteiger partial charge in [-0.1, -0.05) is 54.1 Å².